The molecule has 0 saturated carbocycles. The maximum atomic E-state index is 4.29. The van der Waals surface area contributed by atoms with Crippen molar-refractivity contribution in [2.24, 2.45) is 16.8 Å². The molecule has 0 radical (unpaired) electrons. The number of rotatable bonds is 2. The van der Waals surface area contributed by atoms with Gasteiger partial charge in [0.1, 0.15) is 0 Å². The molecule has 2 unspecified atom stereocenters. The van der Waals surface area contributed by atoms with E-state index in [4.69, 9.17) is 0 Å². The summed E-state index contributed by atoms with van der Waals surface area (Å²) >= 11 is 0. The summed E-state index contributed by atoms with van der Waals surface area (Å²) in [6.07, 6.45) is 9.06. The topological polar surface area (TPSA) is 12.4 Å². The van der Waals surface area contributed by atoms with Crippen LogP contribution in [0.1, 0.15) is 13.3 Å². The second-order valence-electron chi connectivity index (χ2n) is 3.12. The third kappa shape index (κ3) is 2.19. The largest absolute Gasteiger partial charge is 0.266 e. The van der Waals surface area contributed by atoms with E-state index in [9.17, 15) is 0 Å². The van der Waals surface area contributed by atoms with Crippen molar-refractivity contribution in [2.75, 3.05) is 0 Å². The van der Waals surface area contributed by atoms with Gasteiger partial charge in [-0.2, -0.15) is 0 Å². The maximum absolute atomic E-state index is 4.29. The van der Waals surface area contributed by atoms with Gasteiger partial charge < -0.3 is 0 Å². The Morgan fingerprint density at radius 2 is 2.08 bits per heavy atom. The lowest BCUT2D eigenvalue weighted by atomic mass is 9.96. The first-order valence-electron chi connectivity index (χ1n) is 4.24. The number of hydrogen-bond acceptors (Lipinski definition) is 1. The molecule has 0 fully saturated rings. The highest BCUT2D eigenvalue weighted by Crippen LogP contribution is 2.20. The van der Waals surface area contributed by atoms with Crippen LogP contribution in [0.15, 0.2) is 42.1 Å². The molecule has 0 N–H and O–H groups in total. The summed E-state index contributed by atoms with van der Waals surface area (Å²) in [6, 6.07) is 0. The summed E-state index contributed by atoms with van der Waals surface area (Å²) < 4.78 is 0. The molecule has 0 saturated heterocycles. The smallest absolute Gasteiger partial charge is 0.0335 e. The van der Waals surface area contributed by atoms with Gasteiger partial charge in [-0.1, -0.05) is 18.2 Å². The zero-order valence-corrected chi connectivity index (χ0v) is 7.53. The zero-order valence-electron chi connectivity index (χ0n) is 7.53. The number of aliphatic imine (C=N–C) groups is 1. The van der Waals surface area contributed by atoms with Crippen LogP contribution in [-0.4, -0.2) is 6.21 Å². The van der Waals surface area contributed by atoms with Crippen LogP contribution in [0.25, 0.3) is 0 Å². The lowest BCUT2D eigenvalue weighted by Gasteiger charge is -2.08. The SMILES string of the molecule is C=CC1C=NC(C)=CC(C=C)C1. The van der Waals surface area contributed by atoms with E-state index >= 15 is 0 Å². The van der Waals surface area contributed by atoms with Gasteiger partial charge in [0.25, 0.3) is 0 Å². The second-order valence-corrected chi connectivity index (χ2v) is 3.12. The van der Waals surface area contributed by atoms with E-state index in [1.165, 1.54) is 0 Å². The summed E-state index contributed by atoms with van der Waals surface area (Å²) in [6.45, 7) is 9.58. The van der Waals surface area contributed by atoms with Gasteiger partial charge in [0, 0.05) is 17.8 Å². The normalized spacial score (nSPS) is 28.9. The summed E-state index contributed by atoms with van der Waals surface area (Å²) in [7, 11) is 0. The first kappa shape index (κ1) is 8.98. The molecule has 64 valence electrons. The average Bonchev–Trinajstić information content (AvgIpc) is 2.26. The molecule has 1 heteroatoms. The summed E-state index contributed by atoms with van der Waals surface area (Å²) in [5.41, 5.74) is 1.07. The summed E-state index contributed by atoms with van der Waals surface area (Å²) in [5, 5.41) is 0. The van der Waals surface area contributed by atoms with Gasteiger partial charge in [-0.05, 0) is 19.3 Å². The van der Waals surface area contributed by atoms with Gasteiger partial charge >= 0.3 is 0 Å². The molecule has 0 aromatic heterocycles. The lowest BCUT2D eigenvalue weighted by molar-refractivity contribution is 0.663. The van der Waals surface area contributed by atoms with Crippen molar-refractivity contribution in [3.8, 4) is 0 Å². The molecule has 1 aliphatic heterocycles. The van der Waals surface area contributed by atoms with E-state index in [1.54, 1.807) is 0 Å². The minimum absolute atomic E-state index is 0.390. The van der Waals surface area contributed by atoms with Crippen molar-refractivity contribution in [3.05, 3.63) is 37.1 Å². The molecule has 0 aromatic rings. The molecule has 1 aliphatic rings. The van der Waals surface area contributed by atoms with E-state index in [2.05, 4.69) is 24.2 Å². The van der Waals surface area contributed by atoms with Crippen LogP contribution in [-0.2, 0) is 0 Å². The fourth-order valence-electron chi connectivity index (χ4n) is 1.33. The maximum Gasteiger partial charge on any atom is 0.0335 e. The third-order valence-corrected chi connectivity index (χ3v) is 2.07. The number of hydrogen-bond donors (Lipinski definition) is 0. The molecule has 12 heavy (non-hydrogen) atoms. The Kier molecular flexibility index (Phi) is 3.03. The standard InChI is InChI=1S/C11H15N/c1-4-10-6-9(3)12-8-11(5-2)7-10/h4-6,8,10-11H,1-2,7H2,3H3. The Morgan fingerprint density at radius 3 is 2.67 bits per heavy atom. The van der Waals surface area contributed by atoms with Crippen LogP contribution >= 0.6 is 0 Å². The van der Waals surface area contributed by atoms with Gasteiger partial charge in [-0.25, -0.2) is 0 Å². The van der Waals surface area contributed by atoms with Crippen LogP contribution < -0.4 is 0 Å². The highest BCUT2D eigenvalue weighted by Gasteiger charge is 2.10. The fraction of sp³-hybridized carbons (Fsp3) is 0.364. The van der Waals surface area contributed by atoms with Crippen LogP contribution in [0.2, 0.25) is 0 Å². The van der Waals surface area contributed by atoms with Gasteiger partial charge in [0.05, 0.1) is 0 Å². The molecule has 0 bridgehead atoms. The molecule has 0 amide bonds. The molecular formula is C11H15N. The van der Waals surface area contributed by atoms with Crippen LogP contribution in [0.3, 0.4) is 0 Å². The quantitative estimate of drug-likeness (QED) is 0.552. The Morgan fingerprint density at radius 1 is 1.42 bits per heavy atom. The van der Waals surface area contributed by atoms with Gasteiger partial charge in [0.2, 0.25) is 0 Å². The number of nitrogens with zero attached hydrogens (tertiary/aromatic N) is 1. The van der Waals surface area contributed by atoms with E-state index in [0.717, 1.165) is 12.1 Å². The monoisotopic (exact) mass is 161 g/mol. The van der Waals surface area contributed by atoms with Gasteiger partial charge in [-0.15, -0.1) is 13.2 Å². The van der Waals surface area contributed by atoms with Crippen molar-refractivity contribution >= 4 is 6.21 Å². The molecule has 0 aliphatic carbocycles. The van der Waals surface area contributed by atoms with Crippen LogP contribution in [0.4, 0.5) is 0 Å². The molecule has 0 spiro atoms. The molecular weight excluding hydrogens is 146 g/mol. The zero-order chi connectivity index (χ0) is 8.97. The lowest BCUT2D eigenvalue weighted by Crippen LogP contribution is -2.01. The minimum atomic E-state index is 0.390. The van der Waals surface area contributed by atoms with E-state index in [-0.39, 0.29) is 0 Å². The third-order valence-electron chi connectivity index (χ3n) is 2.07. The highest BCUT2D eigenvalue weighted by molar-refractivity contribution is 5.65. The highest BCUT2D eigenvalue weighted by atomic mass is 14.7. The van der Waals surface area contributed by atoms with Crippen molar-refractivity contribution in [1.82, 2.24) is 0 Å². The van der Waals surface area contributed by atoms with E-state index in [0.29, 0.717) is 11.8 Å². The van der Waals surface area contributed by atoms with Gasteiger partial charge in [0.15, 0.2) is 0 Å². The van der Waals surface area contributed by atoms with Crippen molar-refractivity contribution < 1.29 is 0 Å². The van der Waals surface area contributed by atoms with Crippen LogP contribution in [0, 0.1) is 11.8 Å². The molecule has 1 heterocycles. The summed E-state index contributed by atoms with van der Waals surface area (Å²) in [5.74, 6) is 0.831. The Hall–Kier alpha value is -1.11. The van der Waals surface area contributed by atoms with E-state index < -0.39 is 0 Å². The van der Waals surface area contributed by atoms with Crippen molar-refractivity contribution in [1.29, 1.82) is 0 Å². The summed E-state index contributed by atoms with van der Waals surface area (Å²) in [4.78, 5) is 4.29. The first-order valence-corrected chi connectivity index (χ1v) is 4.24. The Bertz CT molecular complexity index is 235. The second kappa shape index (κ2) is 4.05. The van der Waals surface area contributed by atoms with Crippen molar-refractivity contribution in [3.63, 3.8) is 0 Å². The first-order chi connectivity index (χ1) is 5.76. The van der Waals surface area contributed by atoms with Gasteiger partial charge in [-0.3, -0.25) is 4.99 Å². The van der Waals surface area contributed by atoms with Crippen molar-refractivity contribution in [2.45, 2.75) is 13.3 Å². The Balaban J connectivity index is 2.78. The molecule has 0 aromatic carbocycles. The molecule has 2 atom stereocenters. The predicted octanol–water partition coefficient (Wildman–Crippen LogP) is 2.97. The molecule has 1 rings (SSSR count). The van der Waals surface area contributed by atoms with Crippen LogP contribution in [0.5, 0.6) is 0 Å². The predicted molar refractivity (Wildman–Crippen MR) is 54.2 cm³/mol. The van der Waals surface area contributed by atoms with E-state index in [1.807, 2.05) is 25.3 Å². The molecule has 1 nitrogen and oxygen atoms in total. The number of allylic oxidation sites excluding steroid dienone is 4. The minimum Gasteiger partial charge on any atom is -0.266 e. The average molecular weight is 161 g/mol. The fourth-order valence-corrected chi connectivity index (χ4v) is 1.33. The Labute approximate surface area is 74.2 Å².